The molecule has 0 bridgehead atoms. The third kappa shape index (κ3) is 1.59. The van der Waals surface area contributed by atoms with Crippen LogP contribution in [0, 0.1) is 11.8 Å². The van der Waals surface area contributed by atoms with Crippen molar-refractivity contribution in [1.29, 1.82) is 0 Å². The quantitative estimate of drug-likeness (QED) is 0.764. The predicted octanol–water partition coefficient (Wildman–Crippen LogP) is 1.72. The molecule has 2 aromatic heterocycles. The number of rotatable bonds is 3. The molecule has 0 aliphatic heterocycles. The zero-order valence-corrected chi connectivity index (χ0v) is 11.3. The van der Waals surface area contributed by atoms with Crippen molar-refractivity contribution in [3.63, 3.8) is 0 Å². The van der Waals surface area contributed by atoms with Crippen LogP contribution in [0.15, 0.2) is 30.3 Å². The molecule has 3 atom stereocenters. The van der Waals surface area contributed by atoms with Crippen LogP contribution in [-0.4, -0.2) is 30.8 Å². The molecule has 2 aliphatic carbocycles. The summed E-state index contributed by atoms with van der Waals surface area (Å²) in [6.07, 6.45) is 2.23. The molecular weight excluding hydrogens is 264 g/mol. The monoisotopic (exact) mass is 278 g/mol. The van der Waals surface area contributed by atoms with Crippen LogP contribution in [0.25, 0.3) is 11.5 Å². The SMILES string of the molecule is c1ccc(C[C@H]2C3Cc4c(n[nH]c4-c4nn[nH]n4)C32)cc1. The van der Waals surface area contributed by atoms with Gasteiger partial charge in [0.1, 0.15) is 5.69 Å². The van der Waals surface area contributed by atoms with Crippen LogP contribution in [0.2, 0.25) is 0 Å². The molecular formula is C15H14N6. The Kier molecular flexibility index (Phi) is 2.13. The van der Waals surface area contributed by atoms with Crippen molar-refractivity contribution in [2.45, 2.75) is 18.8 Å². The predicted molar refractivity (Wildman–Crippen MR) is 75.3 cm³/mol. The van der Waals surface area contributed by atoms with Crippen LogP contribution >= 0.6 is 0 Å². The van der Waals surface area contributed by atoms with Crippen LogP contribution in [0.5, 0.6) is 0 Å². The molecule has 6 nitrogen and oxygen atoms in total. The second-order valence-corrected chi connectivity index (χ2v) is 5.95. The van der Waals surface area contributed by atoms with Crippen LogP contribution in [-0.2, 0) is 12.8 Å². The van der Waals surface area contributed by atoms with Gasteiger partial charge in [-0.2, -0.15) is 10.3 Å². The lowest BCUT2D eigenvalue weighted by Gasteiger charge is -2.04. The first-order valence-electron chi connectivity index (χ1n) is 7.26. The second-order valence-electron chi connectivity index (χ2n) is 5.95. The smallest absolute Gasteiger partial charge is 0.222 e. The van der Waals surface area contributed by atoms with Crippen LogP contribution < -0.4 is 0 Å². The Morgan fingerprint density at radius 1 is 1.14 bits per heavy atom. The van der Waals surface area contributed by atoms with Gasteiger partial charge in [0.15, 0.2) is 0 Å². The minimum Gasteiger partial charge on any atom is -0.274 e. The van der Waals surface area contributed by atoms with E-state index in [4.69, 9.17) is 0 Å². The summed E-state index contributed by atoms with van der Waals surface area (Å²) in [5.41, 5.74) is 4.87. The van der Waals surface area contributed by atoms with Crippen LogP contribution in [0.1, 0.15) is 22.7 Å². The first-order valence-corrected chi connectivity index (χ1v) is 7.26. The van der Waals surface area contributed by atoms with Gasteiger partial charge in [0.2, 0.25) is 5.82 Å². The number of aromatic nitrogens is 6. The standard InChI is InChI=1S/C15H14N6/c1-2-4-8(5-3-1)6-9-10-7-11-13(12(9)10)16-17-14(11)15-18-20-21-19-15/h1-5,9-10,12H,6-7H2,(H,16,17)(H,18,19,20,21)/t9-,10?,12?/m0/s1. The number of benzene rings is 1. The molecule has 21 heavy (non-hydrogen) atoms. The lowest BCUT2D eigenvalue weighted by molar-refractivity contribution is 0.688. The van der Waals surface area contributed by atoms with Crippen molar-refractivity contribution in [3.05, 3.63) is 47.2 Å². The van der Waals surface area contributed by atoms with E-state index in [9.17, 15) is 0 Å². The fraction of sp³-hybridized carbons (Fsp3) is 0.333. The molecule has 2 heterocycles. The van der Waals surface area contributed by atoms with E-state index in [1.807, 2.05) is 0 Å². The number of nitrogens with one attached hydrogen (secondary N) is 2. The molecule has 1 fully saturated rings. The Morgan fingerprint density at radius 3 is 2.86 bits per heavy atom. The van der Waals surface area contributed by atoms with Crippen molar-refractivity contribution < 1.29 is 0 Å². The highest BCUT2D eigenvalue weighted by atomic mass is 15.5. The largest absolute Gasteiger partial charge is 0.274 e. The molecule has 6 heteroatoms. The molecule has 5 rings (SSSR count). The lowest BCUT2D eigenvalue weighted by atomic mass is 10.0. The normalized spacial score (nSPS) is 25.6. The number of fused-ring (bicyclic) bond motifs is 3. The maximum atomic E-state index is 4.52. The maximum absolute atomic E-state index is 4.52. The summed E-state index contributed by atoms with van der Waals surface area (Å²) in [6.45, 7) is 0. The number of aromatic amines is 2. The summed E-state index contributed by atoms with van der Waals surface area (Å²) < 4.78 is 0. The Bertz CT molecular complexity index is 776. The molecule has 2 aliphatic rings. The van der Waals surface area contributed by atoms with Gasteiger partial charge >= 0.3 is 0 Å². The minimum absolute atomic E-state index is 0.608. The van der Waals surface area contributed by atoms with Crippen molar-refractivity contribution in [2.24, 2.45) is 11.8 Å². The second kappa shape index (κ2) is 4.00. The van der Waals surface area contributed by atoms with Gasteiger partial charge in [-0.25, -0.2) is 0 Å². The van der Waals surface area contributed by atoms with Gasteiger partial charge in [0.05, 0.1) is 5.69 Å². The summed E-state index contributed by atoms with van der Waals surface area (Å²) >= 11 is 0. The summed E-state index contributed by atoms with van der Waals surface area (Å²) in [6, 6.07) is 10.7. The van der Waals surface area contributed by atoms with E-state index in [0.29, 0.717) is 11.7 Å². The van der Waals surface area contributed by atoms with Gasteiger partial charge in [-0.15, -0.1) is 10.2 Å². The summed E-state index contributed by atoms with van der Waals surface area (Å²) in [5, 5.41) is 21.8. The van der Waals surface area contributed by atoms with E-state index < -0.39 is 0 Å². The number of tetrazole rings is 1. The van der Waals surface area contributed by atoms with Gasteiger partial charge in [0, 0.05) is 11.5 Å². The molecule has 2 N–H and O–H groups in total. The van der Waals surface area contributed by atoms with Crippen LogP contribution in [0.4, 0.5) is 0 Å². The lowest BCUT2D eigenvalue weighted by Crippen LogP contribution is -1.97. The first kappa shape index (κ1) is 11.2. The molecule has 1 saturated carbocycles. The van der Waals surface area contributed by atoms with Crippen molar-refractivity contribution in [1.82, 2.24) is 30.8 Å². The van der Waals surface area contributed by atoms with E-state index in [2.05, 4.69) is 61.2 Å². The van der Waals surface area contributed by atoms with E-state index in [1.165, 1.54) is 16.8 Å². The zero-order chi connectivity index (χ0) is 13.8. The Hall–Kier alpha value is -2.50. The van der Waals surface area contributed by atoms with Gasteiger partial charge in [0.25, 0.3) is 0 Å². The average Bonchev–Trinajstić information content (AvgIpc) is 2.99. The molecule has 0 spiro atoms. The van der Waals surface area contributed by atoms with E-state index in [-0.39, 0.29) is 0 Å². The van der Waals surface area contributed by atoms with Crippen molar-refractivity contribution >= 4 is 0 Å². The molecule has 0 amide bonds. The molecule has 2 unspecified atom stereocenters. The fourth-order valence-electron chi connectivity index (χ4n) is 3.84. The topological polar surface area (TPSA) is 83.1 Å². The molecule has 0 saturated heterocycles. The van der Waals surface area contributed by atoms with E-state index >= 15 is 0 Å². The maximum Gasteiger partial charge on any atom is 0.222 e. The van der Waals surface area contributed by atoms with Gasteiger partial charge in [-0.05, 0) is 35.5 Å². The highest BCUT2D eigenvalue weighted by Gasteiger charge is 2.57. The number of hydrogen-bond acceptors (Lipinski definition) is 4. The molecule has 3 aromatic rings. The first-order chi connectivity index (χ1) is 10.4. The Morgan fingerprint density at radius 2 is 2.05 bits per heavy atom. The number of hydrogen-bond donors (Lipinski definition) is 2. The van der Waals surface area contributed by atoms with E-state index in [0.717, 1.165) is 30.4 Å². The third-order valence-corrected chi connectivity index (χ3v) is 4.87. The number of nitrogens with zero attached hydrogens (tertiary/aromatic N) is 4. The highest BCUT2D eigenvalue weighted by Crippen LogP contribution is 2.62. The average molecular weight is 278 g/mol. The van der Waals surface area contributed by atoms with E-state index in [1.54, 1.807) is 0 Å². The van der Waals surface area contributed by atoms with Gasteiger partial charge in [-0.3, -0.25) is 5.10 Å². The summed E-state index contributed by atoms with van der Waals surface area (Å²) in [5.74, 6) is 2.70. The Labute approximate surface area is 121 Å². The van der Waals surface area contributed by atoms with Gasteiger partial charge < -0.3 is 0 Å². The summed E-state index contributed by atoms with van der Waals surface area (Å²) in [7, 11) is 0. The molecule has 104 valence electrons. The van der Waals surface area contributed by atoms with Crippen LogP contribution in [0.3, 0.4) is 0 Å². The van der Waals surface area contributed by atoms with Crippen molar-refractivity contribution in [3.8, 4) is 11.5 Å². The van der Waals surface area contributed by atoms with Crippen molar-refractivity contribution in [2.75, 3.05) is 0 Å². The summed E-state index contributed by atoms with van der Waals surface area (Å²) in [4.78, 5) is 0. The Balaban J connectivity index is 1.41. The zero-order valence-electron chi connectivity index (χ0n) is 11.3. The fourth-order valence-corrected chi connectivity index (χ4v) is 3.84. The molecule has 0 radical (unpaired) electrons. The number of H-pyrrole nitrogens is 2. The molecule has 1 aromatic carbocycles. The highest BCUT2D eigenvalue weighted by molar-refractivity contribution is 5.59. The third-order valence-electron chi connectivity index (χ3n) is 4.87. The minimum atomic E-state index is 0.608. The van der Waals surface area contributed by atoms with Gasteiger partial charge in [-0.1, -0.05) is 30.3 Å².